The Morgan fingerprint density at radius 3 is 2.58 bits per heavy atom. The highest BCUT2D eigenvalue weighted by Crippen LogP contribution is 2.45. The Labute approximate surface area is 112 Å². The molecule has 2 fully saturated rings. The summed E-state index contributed by atoms with van der Waals surface area (Å²) in [6, 6.07) is 4.09. The molecule has 0 radical (unpaired) electrons. The van der Waals surface area contributed by atoms with Crippen LogP contribution in [-0.4, -0.2) is 14.5 Å². The summed E-state index contributed by atoms with van der Waals surface area (Å²) in [6.45, 7) is 0. The van der Waals surface area contributed by atoms with E-state index in [1.54, 1.807) is 0 Å². The van der Waals surface area contributed by atoms with E-state index < -0.39 is 15.8 Å². The van der Waals surface area contributed by atoms with Gasteiger partial charge in [-0.1, -0.05) is 6.42 Å². The highest BCUT2D eigenvalue weighted by atomic mass is 32.2. The van der Waals surface area contributed by atoms with Gasteiger partial charge in [0.1, 0.15) is 5.82 Å². The van der Waals surface area contributed by atoms with Crippen molar-refractivity contribution in [2.24, 2.45) is 17.0 Å². The summed E-state index contributed by atoms with van der Waals surface area (Å²) in [5.74, 6) is 0.839. The van der Waals surface area contributed by atoms with Crippen molar-refractivity contribution in [3.63, 3.8) is 0 Å². The summed E-state index contributed by atoms with van der Waals surface area (Å²) < 4.78 is 36.2. The predicted molar refractivity (Wildman–Crippen MR) is 70.6 cm³/mol. The Balaban J connectivity index is 1.79. The topological polar surface area (TPSA) is 72.2 Å². The molecule has 0 spiro atoms. The second-order valence-corrected chi connectivity index (χ2v) is 7.17. The van der Waals surface area contributed by atoms with Crippen molar-refractivity contribution >= 4 is 15.7 Å². The lowest BCUT2D eigenvalue weighted by atomic mass is 9.95. The summed E-state index contributed by atoms with van der Waals surface area (Å²) in [7, 11) is -3.85. The van der Waals surface area contributed by atoms with Gasteiger partial charge in [0.25, 0.3) is 0 Å². The molecule has 0 amide bonds. The highest BCUT2D eigenvalue weighted by molar-refractivity contribution is 7.89. The molecule has 2 saturated carbocycles. The smallest absolute Gasteiger partial charge is 0.238 e. The average Bonchev–Trinajstić information content (AvgIpc) is 2.92. The van der Waals surface area contributed by atoms with Crippen LogP contribution in [-0.2, 0) is 10.0 Å². The molecule has 1 aromatic carbocycles. The molecule has 2 bridgehead atoms. The van der Waals surface area contributed by atoms with E-state index in [0.29, 0.717) is 17.6 Å². The minimum Gasteiger partial charge on any atom is -0.380 e. The molecule has 3 N–H and O–H groups in total. The lowest BCUT2D eigenvalue weighted by Gasteiger charge is -2.24. The van der Waals surface area contributed by atoms with Gasteiger partial charge >= 0.3 is 0 Å². The molecular formula is C13H17FN2O2S. The quantitative estimate of drug-likeness (QED) is 0.892. The number of rotatable bonds is 3. The molecule has 3 rings (SSSR count). The van der Waals surface area contributed by atoms with Crippen LogP contribution in [0.1, 0.15) is 25.7 Å². The molecule has 1 aromatic rings. The fourth-order valence-electron chi connectivity index (χ4n) is 3.41. The Hall–Kier alpha value is -1.14. The van der Waals surface area contributed by atoms with Crippen molar-refractivity contribution in [3.8, 4) is 0 Å². The van der Waals surface area contributed by atoms with Gasteiger partial charge in [-0.2, -0.15) is 0 Å². The first-order valence-corrected chi connectivity index (χ1v) is 8.07. The Kier molecular flexibility index (Phi) is 3.02. The fraction of sp³-hybridized carbons (Fsp3) is 0.538. The average molecular weight is 284 g/mol. The molecule has 6 heteroatoms. The molecule has 2 aliphatic rings. The van der Waals surface area contributed by atoms with Gasteiger partial charge < -0.3 is 5.32 Å². The molecule has 0 aliphatic heterocycles. The highest BCUT2D eigenvalue weighted by Gasteiger charge is 2.39. The number of benzene rings is 1. The molecule has 19 heavy (non-hydrogen) atoms. The molecular weight excluding hydrogens is 267 g/mol. The molecule has 0 aromatic heterocycles. The largest absolute Gasteiger partial charge is 0.380 e. The lowest BCUT2D eigenvalue weighted by Crippen LogP contribution is -2.26. The van der Waals surface area contributed by atoms with E-state index in [1.165, 1.54) is 31.4 Å². The first-order valence-electron chi connectivity index (χ1n) is 6.52. The van der Waals surface area contributed by atoms with Gasteiger partial charge in [-0.05, 0) is 49.3 Å². The van der Waals surface area contributed by atoms with Crippen molar-refractivity contribution < 1.29 is 12.8 Å². The zero-order valence-corrected chi connectivity index (χ0v) is 11.3. The first-order chi connectivity index (χ1) is 8.93. The van der Waals surface area contributed by atoms with Crippen molar-refractivity contribution in [1.82, 2.24) is 0 Å². The third-order valence-electron chi connectivity index (χ3n) is 4.35. The minimum atomic E-state index is -3.85. The number of hydrogen-bond acceptors (Lipinski definition) is 3. The number of halogens is 1. The van der Waals surface area contributed by atoms with E-state index in [9.17, 15) is 12.8 Å². The van der Waals surface area contributed by atoms with Crippen LogP contribution in [0.3, 0.4) is 0 Å². The normalized spacial score (nSPS) is 29.7. The maximum absolute atomic E-state index is 13.9. The van der Waals surface area contributed by atoms with Crippen molar-refractivity contribution in [1.29, 1.82) is 0 Å². The Bertz CT molecular complexity index is 603. The van der Waals surface area contributed by atoms with Crippen molar-refractivity contribution in [3.05, 3.63) is 24.0 Å². The third-order valence-corrected chi connectivity index (χ3v) is 5.26. The van der Waals surface area contributed by atoms with Gasteiger partial charge in [-0.3, -0.25) is 0 Å². The van der Waals surface area contributed by atoms with E-state index in [0.717, 1.165) is 18.4 Å². The van der Waals surface area contributed by atoms with Crippen LogP contribution in [0.2, 0.25) is 0 Å². The lowest BCUT2D eigenvalue weighted by molar-refractivity contribution is 0.438. The Morgan fingerprint density at radius 2 is 2.05 bits per heavy atom. The number of primary sulfonamides is 1. The van der Waals surface area contributed by atoms with Crippen LogP contribution >= 0.6 is 0 Å². The second kappa shape index (κ2) is 4.45. The van der Waals surface area contributed by atoms with Crippen LogP contribution in [0, 0.1) is 17.7 Å². The van der Waals surface area contributed by atoms with E-state index in [2.05, 4.69) is 5.32 Å². The maximum Gasteiger partial charge on any atom is 0.238 e. The van der Waals surface area contributed by atoms with E-state index >= 15 is 0 Å². The number of hydrogen-bond donors (Lipinski definition) is 2. The zero-order valence-electron chi connectivity index (χ0n) is 10.5. The summed E-state index contributed by atoms with van der Waals surface area (Å²) in [5, 5.41) is 8.18. The molecule has 3 atom stereocenters. The van der Waals surface area contributed by atoms with E-state index in [-0.39, 0.29) is 4.90 Å². The zero-order chi connectivity index (χ0) is 13.6. The number of anilines is 1. The maximum atomic E-state index is 13.9. The molecule has 3 unspecified atom stereocenters. The number of sulfonamides is 1. The number of nitrogens with one attached hydrogen (secondary N) is 1. The van der Waals surface area contributed by atoms with E-state index in [4.69, 9.17) is 5.14 Å². The van der Waals surface area contributed by atoms with Crippen molar-refractivity contribution in [2.75, 3.05) is 5.32 Å². The molecule has 2 aliphatic carbocycles. The van der Waals surface area contributed by atoms with Gasteiger partial charge in [-0.25, -0.2) is 17.9 Å². The molecule has 0 heterocycles. The number of fused-ring (bicyclic) bond motifs is 2. The standard InChI is InChI=1S/C13H17FN2O2S/c14-11-7-10(19(15,17)18)3-4-12(11)16-13-6-8-1-2-9(13)5-8/h3-4,7-9,13,16H,1-2,5-6H2,(H2,15,17,18). The summed E-state index contributed by atoms with van der Waals surface area (Å²) >= 11 is 0. The Morgan fingerprint density at radius 1 is 1.26 bits per heavy atom. The van der Waals surface area contributed by atoms with Crippen molar-refractivity contribution in [2.45, 2.75) is 36.6 Å². The van der Waals surface area contributed by atoms with Gasteiger partial charge in [-0.15, -0.1) is 0 Å². The first kappa shape index (κ1) is 12.9. The van der Waals surface area contributed by atoms with Crippen LogP contribution in [0.25, 0.3) is 0 Å². The van der Waals surface area contributed by atoms with Gasteiger partial charge in [0.05, 0.1) is 10.6 Å². The third kappa shape index (κ3) is 2.47. The summed E-state index contributed by atoms with van der Waals surface area (Å²) in [6.07, 6.45) is 4.81. The van der Waals surface area contributed by atoms with Crippen LogP contribution in [0.4, 0.5) is 10.1 Å². The van der Waals surface area contributed by atoms with Crippen LogP contribution in [0.15, 0.2) is 23.1 Å². The van der Waals surface area contributed by atoms with Gasteiger partial charge in [0.15, 0.2) is 0 Å². The predicted octanol–water partition coefficient (Wildman–Crippen LogP) is 2.07. The monoisotopic (exact) mass is 284 g/mol. The van der Waals surface area contributed by atoms with Gasteiger partial charge in [0, 0.05) is 6.04 Å². The SMILES string of the molecule is NS(=O)(=O)c1ccc(NC2CC3CCC2C3)c(F)c1. The summed E-state index contributed by atoms with van der Waals surface area (Å²) in [4.78, 5) is -0.191. The molecule has 104 valence electrons. The van der Waals surface area contributed by atoms with E-state index in [1.807, 2.05) is 0 Å². The van der Waals surface area contributed by atoms with Crippen LogP contribution < -0.4 is 10.5 Å². The van der Waals surface area contributed by atoms with Gasteiger partial charge in [0.2, 0.25) is 10.0 Å². The molecule has 4 nitrogen and oxygen atoms in total. The van der Waals surface area contributed by atoms with Crippen LogP contribution in [0.5, 0.6) is 0 Å². The summed E-state index contributed by atoms with van der Waals surface area (Å²) in [5.41, 5.74) is 0.366. The minimum absolute atomic E-state index is 0.191. The number of nitrogens with two attached hydrogens (primary N) is 1. The second-order valence-electron chi connectivity index (χ2n) is 5.61. The molecule has 0 saturated heterocycles. The fourth-order valence-corrected chi connectivity index (χ4v) is 3.94.